The minimum atomic E-state index is 0.576. The van der Waals surface area contributed by atoms with Crippen LogP contribution in [0.4, 0.5) is 11.4 Å². The van der Waals surface area contributed by atoms with Gasteiger partial charge >= 0.3 is 0 Å². The van der Waals surface area contributed by atoms with Crippen molar-refractivity contribution in [3.8, 4) is 0 Å². The molecule has 0 amide bonds. The molecule has 1 unspecified atom stereocenters. The van der Waals surface area contributed by atoms with Crippen LogP contribution in [0, 0.1) is 6.92 Å². The highest BCUT2D eigenvalue weighted by Crippen LogP contribution is 2.27. The molecule has 0 radical (unpaired) electrons. The first-order valence-electron chi connectivity index (χ1n) is 5.39. The fourth-order valence-electron chi connectivity index (χ4n) is 1.87. The average Bonchev–Trinajstić information content (AvgIpc) is 2.25. The highest BCUT2D eigenvalue weighted by atomic mass is 32.2. The van der Waals surface area contributed by atoms with E-state index in [0.29, 0.717) is 6.04 Å². The first-order valence-corrected chi connectivity index (χ1v) is 6.79. The lowest BCUT2D eigenvalue weighted by Gasteiger charge is -2.28. The molecular formula is C12H18N2S. The Kier molecular flexibility index (Phi) is 3.41. The van der Waals surface area contributed by atoms with E-state index in [-0.39, 0.29) is 0 Å². The number of aryl methyl sites for hydroxylation is 1. The number of hydrogen-bond acceptors (Lipinski definition) is 3. The predicted molar refractivity (Wildman–Crippen MR) is 70.1 cm³/mol. The van der Waals surface area contributed by atoms with Gasteiger partial charge in [-0.3, -0.25) is 0 Å². The van der Waals surface area contributed by atoms with Crippen LogP contribution in [0.3, 0.4) is 0 Å². The van der Waals surface area contributed by atoms with Gasteiger partial charge in [-0.15, -0.1) is 0 Å². The Bertz CT molecular complexity index is 338. The molecule has 0 aromatic heterocycles. The summed E-state index contributed by atoms with van der Waals surface area (Å²) in [6.45, 7) is 3.17. The monoisotopic (exact) mass is 222 g/mol. The summed E-state index contributed by atoms with van der Waals surface area (Å²) in [6, 6.07) is 7.10. The van der Waals surface area contributed by atoms with E-state index in [1.807, 2.05) is 11.8 Å². The van der Waals surface area contributed by atoms with Crippen LogP contribution in [0.1, 0.15) is 12.0 Å². The molecular weight excluding hydrogens is 204 g/mol. The van der Waals surface area contributed by atoms with Crippen molar-refractivity contribution >= 4 is 23.1 Å². The lowest BCUT2D eigenvalue weighted by atomic mass is 10.1. The smallest absolute Gasteiger partial charge is 0.0581 e. The fourth-order valence-corrected chi connectivity index (χ4v) is 2.39. The molecule has 3 heteroatoms. The lowest BCUT2D eigenvalue weighted by Crippen LogP contribution is -2.33. The Morgan fingerprint density at radius 1 is 1.40 bits per heavy atom. The fraction of sp³-hybridized carbons (Fsp3) is 0.500. The molecule has 1 heterocycles. The van der Waals surface area contributed by atoms with Crippen LogP contribution in [0.2, 0.25) is 0 Å². The van der Waals surface area contributed by atoms with E-state index < -0.39 is 0 Å². The lowest BCUT2D eigenvalue weighted by molar-refractivity contribution is 0.719. The first kappa shape index (κ1) is 10.7. The van der Waals surface area contributed by atoms with Crippen LogP contribution in [-0.2, 0) is 0 Å². The van der Waals surface area contributed by atoms with Gasteiger partial charge < -0.3 is 10.6 Å². The molecule has 1 atom stereocenters. The van der Waals surface area contributed by atoms with Gasteiger partial charge in [-0.05, 0) is 43.0 Å². The van der Waals surface area contributed by atoms with Gasteiger partial charge in [0.2, 0.25) is 0 Å². The Balaban J connectivity index is 2.05. The first-order chi connectivity index (χ1) is 7.29. The van der Waals surface area contributed by atoms with Gasteiger partial charge in [0.15, 0.2) is 0 Å². The Hall–Kier alpha value is -0.830. The van der Waals surface area contributed by atoms with Crippen molar-refractivity contribution in [1.82, 2.24) is 0 Å². The average molecular weight is 222 g/mol. The molecule has 0 fully saturated rings. The van der Waals surface area contributed by atoms with Crippen LogP contribution in [0.15, 0.2) is 18.2 Å². The molecule has 1 aliphatic rings. The maximum Gasteiger partial charge on any atom is 0.0581 e. The van der Waals surface area contributed by atoms with E-state index in [9.17, 15) is 0 Å². The third kappa shape index (κ3) is 2.59. The number of fused-ring (bicyclic) bond motifs is 1. The summed E-state index contributed by atoms with van der Waals surface area (Å²) in [5, 5.41) is 7.07. The van der Waals surface area contributed by atoms with Crippen LogP contribution < -0.4 is 10.6 Å². The predicted octanol–water partition coefficient (Wildman–Crippen LogP) is 2.95. The molecule has 0 bridgehead atoms. The Labute approximate surface area is 95.8 Å². The second kappa shape index (κ2) is 4.79. The van der Waals surface area contributed by atoms with Crippen LogP contribution >= 0.6 is 11.8 Å². The standard InChI is InChI=1S/C12H18N2S/c1-9-3-4-11-12(7-9)14-10(8-13-11)5-6-15-2/h3-4,7,10,13-14H,5-6,8H2,1-2H3. The van der Waals surface area contributed by atoms with Gasteiger partial charge in [0.1, 0.15) is 0 Å². The number of anilines is 2. The second-order valence-electron chi connectivity index (χ2n) is 4.05. The van der Waals surface area contributed by atoms with Crippen molar-refractivity contribution in [2.75, 3.05) is 29.2 Å². The number of benzene rings is 1. The zero-order chi connectivity index (χ0) is 10.7. The maximum absolute atomic E-state index is 3.60. The third-order valence-corrected chi connectivity index (χ3v) is 3.39. The van der Waals surface area contributed by atoms with Crippen LogP contribution in [-0.4, -0.2) is 24.6 Å². The number of rotatable bonds is 3. The number of thioether (sulfide) groups is 1. The number of nitrogens with one attached hydrogen (secondary N) is 2. The van der Waals surface area contributed by atoms with Crippen molar-refractivity contribution in [2.45, 2.75) is 19.4 Å². The molecule has 1 aliphatic heterocycles. The molecule has 82 valence electrons. The highest BCUT2D eigenvalue weighted by molar-refractivity contribution is 7.98. The molecule has 1 aromatic carbocycles. The van der Waals surface area contributed by atoms with E-state index in [0.717, 1.165) is 6.54 Å². The van der Waals surface area contributed by atoms with E-state index in [1.165, 1.54) is 29.1 Å². The van der Waals surface area contributed by atoms with Crippen LogP contribution in [0.5, 0.6) is 0 Å². The third-order valence-electron chi connectivity index (χ3n) is 2.74. The van der Waals surface area contributed by atoms with Crippen molar-refractivity contribution in [1.29, 1.82) is 0 Å². The molecule has 0 saturated heterocycles. The zero-order valence-electron chi connectivity index (χ0n) is 9.34. The summed E-state index contributed by atoms with van der Waals surface area (Å²) in [5.41, 5.74) is 3.81. The highest BCUT2D eigenvalue weighted by Gasteiger charge is 2.16. The molecule has 0 saturated carbocycles. The summed E-state index contributed by atoms with van der Waals surface area (Å²) in [7, 11) is 0. The maximum atomic E-state index is 3.60. The van der Waals surface area contributed by atoms with Gasteiger partial charge in [0.25, 0.3) is 0 Å². The normalized spacial score (nSPS) is 18.9. The van der Waals surface area contributed by atoms with Gasteiger partial charge in [-0.2, -0.15) is 11.8 Å². The zero-order valence-corrected chi connectivity index (χ0v) is 10.2. The quantitative estimate of drug-likeness (QED) is 0.822. The summed E-state index contributed by atoms with van der Waals surface area (Å²) < 4.78 is 0. The van der Waals surface area contributed by atoms with Gasteiger partial charge in [-0.1, -0.05) is 6.07 Å². The van der Waals surface area contributed by atoms with Gasteiger partial charge in [-0.25, -0.2) is 0 Å². The van der Waals surface area contributed by atoms with E-state index in [4.69, 9.17) is 0 Å². The molecule has 15 heavy (non-hydrogen) atoms. The van der Waals surface area contributed by atoms with E-state index in [1.54, 1.807) is 0 Å². The molecule has 2 N–H and O–H groups in total. The molecule has 2 rings (SSSR count). The molecule has 0 aliphatic carbocycles. The Morgan fingerprint density at radius 2 is 2.27 bits per heavy atom. The largest absolute Gasteiger partial charge is 0.381 e. The summed E-state index contributed by atoms with van der Waals surface area (Å²) in [4.78, 5) is 0. The topological polar surface area (TPSA) is 24.1 Å². The van der Waals surface area contributed by atoms with E-state index >= 15 is 0 Å². The molecule has 2 nitrogen and oxygen atoms in total. The Morgan fingerprint density at radius 3 is 3.07 bits per heavy atom. The number of hydrogen-bond donors (Lipinski definition) is 2. The van der Waals surface area contributed by atoms with Crippen molar-refractivity contribution in [3.05, 3.63) is 23.8 Å². The minimum Gasteiger partial charge on any atom is -0.381 e. The summed E-state index contributed by atoms with van der Waals surface area (Å²) >= 11 is 1.91. The van der Waals surface area contributed by atoms with Crippen LogP contribution in [0.25, 0.3) is 0 Å². The SMILES string of the molecule is CSCCC1CNc2ccc(C)cc2N1. The van der Waals surface area contributed by atoms with Gasteiger partial charge in [0.05, 0.1) is 11.4 Å². The second-order valence-corrected chi connectivity index (χ2v) is 5.04. The minimum absolute atomic E-state index is 0.576. The van der Waals surface area contributed by atoms with Gasteiger partial charge in [0, 0.05) is 12.6 Å². The van der Waals surface area contributed by atoms with Crippen molar-refractivity contribution in [3.63, 3.8) is 0 Å². The van der Waals surface area contributed by atoms with Crippen molar-refractivity contribution < 1.29 is 0 Å². The molecule has 0 spiro atoms. The van der Waals surface area contributed by atoms with Crippen molar-refractivity contribution in [2.24, 2.45) is 0 Å². The molecule has 1 aromatic rings. The summed E-state index contributed by atoms with van der Waals surface area (Å²) in [5.74, 6) is 1.22. The summed E-state index contributed by atoms with van der Waals surface area (Å²) in [6.07, 6.45) is 3.38. The van der Waals surface area contributed by atoms with E-state index in [2.05, 4.69) is 42.0 Å².